The van der Waals surface area contributed by atoms with Crippen molar-refractivity contribution < 1.29 is 18.1 Å². The van der Waals surface area contributed by atoms with Crippen LogP contribution < -0.4 is 4.90 Å². The predicted molar refractivity (Wildman–Crippen MR) is 115 cm³/mol. The highest BCUT2D eigenvalue weighted by Gasteiger charge is 2.30. The Bertz CT molecular complexity index is 972. The average Bonchev–Trinajstić information content (AvgIpc) is 2.97. The van der Waals surface area contributed by atoms with E-state index in [1.54, 1.807) is 4.31 Å². The maximum Gasteiger partial charge on any atom is 0.218 e. The minimum absolute atomic E-state index is 0.0252. The minimum Gasteiger partial charge on any atom is -0.345 e. The van der Waals surface area contributed by atoms with Gasteiger partial charge in [0, 0.05) is 23.5 Å². The second-order valence-electron chi connectivity index (χ2n) is 7.67. The lowest BCUT2D eigenvalue weighted by atomic mass is 10.1. The molecular formula is C22H30N3O3S+. The summed E-state index contributed by atoms with van der Waals surface area (Å²) in [5.41, 5.74) is 3.58. The minimum atomic E-state index is -3.33. The number of benzene rings is 1. The fourth-order valence-electron chi connectivity index (χ4n) is 3.95. The Hall–Kier alpha value is -2.22. The van der Waals surface area contributed by atoms with E-state index in [0.717, 1.165) is 27.4 Å². The van der Waals surface area contributed by atoms with Gasteiger partial charge >= 0.3 is 0 Å². The molecule has 1 aromatic heterocycles. The fraction of sp³-hybridized carbons (Fsp3) is 0.409. The first-order valence-electron chi connectivity index (χ1n) is 9.98. The number of quaternary nitrogens is 1. The molecule has 1 aliphatic heterocycles. The van der Waals surface area contributed by atoms with Crippen molar-refractivity contribution in [2.75, 3.05) is 32.7 Å². The molecule has 2 aromatic rings. The van der Waals surface area contributed by atoms with Crippen LogP contribution in [0.5, 0.6) is 0 Å². The van der Waals surface area contributed by atoms with Gasteiger partial charge in [-0.1, -0.05) is 36.4 Å². The number of nitrogens with one attached hydrogen (secondary N) is 1. The number of sulfonamides is 1. The monoisotopic (exact) mass is 416 g/mol. The third-order valence-corrected chi connectivity index (χ3v) is 7.46. The Labute approximate surface area is 173 Å². The standard InChI is InChI=1S/C22H29N3O3S/c1-4-10-25-18(2)15-21(19(25)3)22(26)16-23-11-13-24(14-12-23)29(27,28)17-20-8-6-5-7-9-20/h4-9,15H,1,10-14,16-17H2,2-3H3/p+1. The van der Waals surface area contributed by atoms with Gasteiger partial charge in [0.05, 0.1) is 31.9 Å². The number of carbonyl (C=O) groups excluding carboxylic acids is 1. The molecule has 1 saturated heterocycles. The number of ketones is 1. The van der Waals surface area contributed by atoms with Gasteiger partial charge in [-0.15, -0.1) is 6.58 Å². The number of piperazine rings is 1. The Morgan fingerprint density at radius 2 is 1.83 bits per heavy atom. The molecular weight excluding hydrogens is 386 g/mol. The molecule has 3 rings (SSSR count). The molecule has 0 amide bonds. The summed E-state index contributed by atoms with van der Waals surface area (Å²) in [5.74, 6) is 0.140. The Morgan fingerprint density at radius 1 is 1.17 bits per heavy atom. The van der Waals surface area contributed by atoms with E-state index in [4.69, 9.17) is 0 Å². The molecule has 1 aliphatic rings. The van der Waals surface area contributed by atoms with Gasteiger partial charge in [-0.3, -0.25) is 4.79 Å². The number of carbonyl (C=O) groups is 1. The first kappa shape index (κ1) is 21.5. The highest BCUT2D eigenvalue weighted by molar-refractivity contribution is 7.88. The van der Waals surface area contributed by atoms with Gasteiger partial charge < -0.3 is 9.47 Å². The van der Waals surface area contributed by atoms with E-state index in [2.05, 4.69) is 11.1 Å². The third-order valence-electron chi connectivity index (χ3n) is 5.61. The molecule has 0 bridgehead atoms. The predicted octanol–water partition coefficient (Wildman–Crippen LogP) is 1.20. The number of Topliss-reactive ketones (excluding diaryl/α,β-unsaturated/α-hetero) is 1. The van der Waals surface area contributed by atoms with E-state index in [0.29, 0.717) is 39.3 Å². The topological polar surface area (TPSA) is 63.8 Å². The summed E-state index contributed by atoms with van der Waals surface area (Å²) < 4.78 is 29.0. The van der Waals surface area contributed by atoms with E-state index in [1.165, 1.54) is 0 Å². The number of hydrogen-bond acceptors (Lipinski definition) is 3. The lowest BCUT2D eigenvalue weighted by molar-refractivity contribution is -0.895. The fourth-order valence-corrected chi connectivity index (χ4v) is 5.48. The van der Waals surface area contributed by atoms with Crippen LogP contribution in [-0.4, -0.2) is 55.8 Å². The smallest absolute Gasteiger partial charge is 0.218 e. The summed E-state index contributed by atoms with van der Waals surface area (Å²) in [6.07, 6.45) is 1.83. The van der Waals surface area contributed by atoms with Crippen molar-refractivity contribution in [2.24, 2.45) is 0 Å². The van der Waals surface area contributed by atoms with Crippen LogP contribution in [0.3, 0.4) is 0 Å². The van der Waals surface area contributed by atoms with Crippen molar-refractivity contribution in [2.45, 2.75) is 26.1 Å². The number of hydrogen-bond donors (Lipinski definition) is 1. The molecule has 0 spiro atoms. The van der Waals surface area contributed by atoms with Crippen LogP contribution >= 0.6 is 0 Å². The summed E-state index contributed by atoms with van der Waals surface area (Å²) in [4.78, 5) is 14.0. The normalized spacial score (nSPS) is 16.1. The van der Waals surface area contributed by atoms with Crippen LogP contribution in [0.2, 0.25) is 0 Å². The zero-order valence-corrected chi connectivity index (χ0v) is 18.0. The van der Waals surface area contributed by atoms with Gasteiger partial charge in [-0.25, -0.2) is 8.42 Å². The summed E-state index contributed by atoms with van der Waals surface area (Å²) in [6, 6.07) is 11.2. The van der Waals surface area contributed by atoms with Gasteiger partial charge in [0.15, 0.2) is 0 Å². The molecule has 0 saturated carbocycles. The van der Waals surface area contributed by atoms with Crippen molar-refractivity contribution in [1.29, 1.82) is 0 Å². The number of nitrogens with zero attached hydrogens (tertiary/aromatic N) is 2. The van der Waals surface area contributed by atoms with Crippen LogP contribution in [0.1, 0.15) is 27.3 Å². The first-order valence-corrected chi connectivity index (χ1v) is 11.6. The number of allylic oxidation sites excluding steroid dienone is 1. The van der Waals surface area contributed by atoms with Crippen LogP contribution in [0.25, 0.3) is 0 Å². The third kappa shape index (κ3) is 5.04. The van der Waals surface area contributed by atoms with E-state index >= 15 is 0 Å². The molecule has 6 nitrogen and oxygen atoms in total. The van der Waals surface area contributed by atoms with Crippen LogP contribution in [0.4, 0.5) is 0 Å². The van der Waals surface area contributed by atoms with Crippen LogP contribution in [0.15, 0.2) is 49.1 Å². The molecule has 1 N–H and O–H groups in total. The van der Waals surface area contributed by atoms with Crippen molar-refractivity contribution >= 4 is 15.8 Å². The van der Waals surface area contributed by atoms with Gasteiger partial charge in [-0.2, -0.15) is 4.31 Å². The largest absolute Gasteiger partial charge is 0.345 e. The van der Waals surface area contributed by atoms with Crippen molar-refractivity contribution in [3.05, 3.63) is 71.6 Å². The molecule has 29 heavy (non-hydrogen) atoms. The Kier molecular flexibility index (Phi) is 6.72. The van der Waals surface area contributed by atoms with Crippen LogP contribution in [-0.2, 0) is 22.3 Å². The van der Waals surface area contributed by atoms with Crippen molar-refractivity contribution in [1.82, 2.24) is 8.87 Å². The zero-order valence-electron chi connectivity index (χ0n) is 17.2. The molecule has 1 fully saturated rings. The summed E-state index contributed by atoms with van der Waals surface area (Å²) in [5, 5.41) is 0. The molecule has 1 aromatic carbocycles. The quantitative estimate of drug-likeness (QED) is 0.520. The highest BCUT2D eigenvalue weighted by Crippen LogP contribution is 2.15. The SMILES string of the molecule is C=CCn1c(C)cc(C(=O)C[NH+]2CCN(S(=O)(=O)Cc3ccccc3)CC2)c1C. The molecule has 7 heteroatoms. The first-order chi connectivity index (χ1) is 13.8. The molecule has 2 heterocycles. The summed E-state index contributed by atoms with van der Waals surface area (Å²) >= 11 is 0. The van der Waals surface area contributed by atoms with E-state index in [1.807, 2.05) is 56.3 Å². The van der Waals surface area contributed by atoms with Crippen molar-refractivity contribution in [3.63, 3.8) is 0 Å². The molecule has 0 radical (unpaired) electrons. The van der Waals surface area contributed by atoms with E-state index < -0.39 is 10.0 Å². The maximum atomic E-state index is 12.8. The maximum absolute atomic E-state index is 12.8. The highest BCUT2D eigenvalue weighted by atomic mass is 32.2. The van der Waals surface area contributed by atoms with Crippen LogP contribution in [0, 0.1) is 13.8 Å². The van der Waals surface area contributed by atoms with E-state index in [9.17, 15) is 13.2 Å². The summed E-state index contributed by atoms with van der Waals surface area (Å²) in [6.45, 7) is 11.0. The molecule has 0 aliphatic carbocycles. The Balaban J connectivity index is 1.58. The lowest BCUT2D eigenvalue weighted by Gasteiger charge is -2.31. The Morgan fingerprint density at radius 3 is 2.45 bits per heavy atom. The number of aromatic nitrogens is 1. The second kappa shape index (κ2) is 9.07. The van der Waals surface area contributed by atoms with Gasteiger partial charge in [-0.05, 0) is 25.5 Å². The van der Waals surface area contributed by atoms with E-state index in [-0.39, 0.29) is 11.5 Å². The molecule has 156 valence electrons. The zero-order chi connectivity index (χ0) is 21.0. The lowest BCUT2D eigenvalue weighted by Crippen LogP contribution is -3.15. The number of aryl methyl sites for hydroxylation is 1. The molecule has 0 atom stereocenters. The van der Waals surface area contributed by atoms with Gasteiger partial charge in [0.2, 0.25) is 15.8 Å². The second-order valence-corrected chi connectivity index (χ2v) is 9.64. The van der Waals surface area contributed by atoms with Gasteiger partial charge in [0.1, 0.15) is 6.54 Å². The van der Waals surface area contributed by atoms with Crippen molar-refractivity contribution in [3.8, 4) is 0 Å². The summed E-state index contributed by atoms with van der Waals surface area (Å²) in [7, 11) is -3.33. The average molecular weight is 417 g/mol. The molecule has 0 unspecified atom stereocenters. The number of rotatable bonds is 8. The van der Waals surface area contributed by atoms with Gasteiger partial charge in [0.25, 0.3) is 0 Å².